The van der Waals surface area contributed by atoms with Crippen LogP contribution in [0.25, 0.3) is 10.8 Å². The van der Waals surface area contributed by atoms with Crippen molar-refractivity contribution >= 4 is 52.6 Å². The van der Waals surface area contributed by atoms with Crippen LogP contribution in [0.1, 0.15) is 29.5 Å². The van der Waals surface area contributed by atoms with Crippen molar-refractivity contribution in [2.45, 2.75) is 25.4 Å². The van der Waals surface area contributed by atoms with Gasteiger partial charge in [-0.15, -0.1) is 46.7 Å². The van der Waals surface area contributed by atoms with Gasteiger partial charge in [-0.2, -0.15) is 0 Å². The smallest absolute Gasteiger partial charge is 0.236 e. The first-order valence-electron chi connectivity index (χ1n) is 9.54. The first-order chi connectivity index (χ1) is 13.8. The molecule has 1 fully saturated rings. The number of oxazole rings is 1. The molecule has 1 aliphatic heterocycles. The highest BCUT2D eigenvalue weighted by atomic mass is 127. The molecular weight excluding hydrogens is 517 g/mol. The normalized spacial score (nSPS) is 15.8. The summed E-state index contributed by atoms with van der Waals surface area (Å²) in [5, 5.41) is 11.0. The molecule has 3 aromatic rings. The van der Waals surface area contributed by atoms with E-state index < -0.39 is 0 Å². The molecule has 1 atom stereocenters. The fourth-order valence-corrected chi connectivity index (χ4v) is 4.95. The average molecular weight is 544 g/mol. The van der Waals surface area contributed by atoms with Crippen molar-refractivity contribution in [3.05, 3.63) is 51.9 Å². The summed E-state index contributed by atoms with van der Waals surface area (Å²) in [5.74, 6) is 1.45. The highest BCUT2D eigenvalue weighted by molar-refractivity contribution is 14.0. The summed E-state index contributed by atoms with van der Waals surface area (Å²) in [6, 6.07) is 8.76. The Bertz CT molecular complexity index is 873. The Kier molecular flexibility index (Phi) is 8.52. The van der Waals surface area contributed by atoms with E-state index in [1.54, 1.807) is 24.6 Å². The maximum Gasteiger partial charge on any atom is 0.236 e. The molecule has 9 heteroatoms. The molecule has 0 bridgehead atoms. The molecule has 156 valence electrons. The molecule has 0 aliphatic carbocycles. The van der Waals surface area contributed by atoms with Gasteiger partial charge in [0, 0.05) is 18.5 Å². The Labute approximate surface area is 196 Å². The number of thiophene rings is 2. The number of rotatable bonds is 7. The second-order valence-corrected chi connectivity index (χ2v) is 8.63. The highest BCUT2D eigenvalue weighted by Crippen LogP contribution is 2.28. The molecule has 1 unspecified atom stereocenters. The number of likely N-dealkylation sites (tertiary alicyclic amines) is 1. The lowest BCUT2D eigenvalue weighted by atomic mass is 10.2. The molecule has 4 heterocycles. The molecule has 6 nitrogen and oxygen atoms in total. The Morgan fingerprint density at radius 2 is 2.00 bits per heavy atom. The minimum Gasteiger partial charge on any atom is -0.443 e. The van der Waals surface area contributed by atoms with Crippen LogP contribution in [0.3, 0.4) is 0 Å². The second kappa shape index (κ2) is 11.1. The molecule has 0 radical (unpaired) electrons. The van der Waals surface area contributed by atoms with Gasteiger partial charge in [0.25, 0.3) is 0 Å². The quantitative estimate of drug-likeness (QED) is 0.260. The third-order valence-electron chi connectivity index (χ3n) is 4.86. The van der Waals surface area contributed by atoms with E-state index in [4.69, 9.17) is 4.42 Å². The molecule has 1 saturated heterocycles. The third-order valence-corrected chi connectivity index (χ3v) is 6.69. The average Bonchev–Trinajstić information content (AvgIpc) is 3.51. The molecule has 0 amide bonds. The summed E-state index contributed by atoms with van der Waals surface area (Å²) in [6.45, 7) is 3.74. The van der Waals surface area contributed by atoms with Gasteiger partial charge >= 0.3 is 0 Å². The summed E-state index contributed by atoms with van der Waals surface area (Å²) < 4.78 is 5.58. The standard InChI is InChI=1S/C20H25N5OS2.HI/c1-21-20(22-12-15-14-26-19(24-15)18-7-5-11-28-18)23-13-16(17-6-4-10-27-17)25-8-2-3-9-25;/h4-7,10-11,14,16H,2-3,8-9,12-13H2,1H3,(H2,21,22,23);1H. The van der Waals surface area contributed by atoms with Crippen molar-refractivity contribution in [1.82, 2.24) is 20.5 Å². The summed E-state index contributed by atoms with van der Waals surface area (Å²) in [5.41, 5.74) is 0.862. The van der Waals surface area contributed by atoms with E-state index in [9.17, 15) is 0 Å². The Balaban J connectivity index is 0.00000240. The molecule has 2 N–H and O–H groups in total. The van der Waals surface area contributed by atoms with Gasteiger partial charge < -0.3 is 15.1 Å². The van der Waals surface area contributed by atoms with E-state index in [1.807, 2.05) is 28.8 Å². The van der Waals surface area contributed by atoms with Gasteiger partial charge in [0.1, 0.15) is 6.26 Å². The monoisotopic (exact) mass is 543 g/mol. The van der Waals surface area contributed by atoms with E-state index in [2.05, 4.69) is 43.0 Å². The Morgan fingerprint density at radius 3 is 2.69 bits per heavy atom. The zero-order valence-corrected chi connectivity index (χ0v) is 20.3. The number of halogens is 1. The topological polar surface area (TPSA) is 65.7 Å². The third kappa shape index (κ3) is 5.80. The van der Waals surface area contributed by atoms with Crippen LogP contribution in [-0.4, -0.2) is 42.5 Å². The number of aromatic nitrogens is 1. The Hall–Kier alpha value is -1.43. The maximum absolute atomic E-state index is 5.58. The van der Waals surface area contributed by atoms with E-state index in [0.717, 1.165) is 23.1 Å². The van der Waals surface area contributed by atoms with Gasteiger partial charge in [-0.3, -0.25) is 9.89 Å². The summed E-state index contributed by atoms with van der Waals surface area (Å²) in [4.78, 5) is 13.9. The van der Waals surface area contributed by atoms with E-state index in [1.165, 1.54) is 30.8 Å². The van der Waals surface area contributed by atoms with Crippen LogP contribution in [0.4, 0.5) is 0 Å². The molecule has 3 aromatic heterocycles. The predicted molar refractivity (Wildman–Crippen MR) is 131 cm³/mol. The fraction of sp³-hybridized carbons (Fsp3) is 0.400. The minimum absolute atomic E-state index is 0. The lowest BCUT2D eigenvalue weighted by molar-refractivity contribution is 0.249. The van der Waals surface area contributed by atoms with Gasteiger partial charge in [0.15, 0.2) is 5.96 Å². The number of hydrogen-bond donors (Lipinski definition) is 2. The first kappa shape index (κ1) is 22.3. The zero-order valence-electron chi connectivity index (χ0n) is 16.3. The van der Waals surface area contributed by atoms with Crippen LogP contribution in [0.15, 0.2) is 50.7 Å². The van der Waals surface area contributed by atoms with Crippen LogP contribution >= 0.6 is 46.7 Å². The van der Waals surface area contributed by atoms with Gasteiger partial charge in [0.05, 0.1) is 23.2 Å². The molecule has 0 spiro atoms. The van der Waals surface area contributed by atoms with Crippen LogP contribution in [-0.2, 0) is 6.54 Å². The van der Waals surface area contributed by atoms with Crippen molar-refractivity contribution in [3.63, 3.8) is 0 Å². The summed E-state index contributed by atoms with van der Waals surface area (Å²) in [7, 11) is 1.80. The summed E-state index contributed by atoms with van der Waals surface area (Å²) in [6.07, 6.45) is 4.27. The number of nitrogens with one attached hydrogen (secondary N) is 2. The van der Waals surface area contributed by atoms with E-state index in [0.29, 0.717) is 18.5 Å². The van der Waals surface area contributed by atoms with Crippen LogP contribution in [0.5, 0.6) is 0 Å². The predicted octanol–water partition coefficient (Wildman–Crippen LogP) is 4.58. The largest absolute Gasteiger partial charge is 0.443 e. The number of nitrogens with zero attached hydrogens (tertiary/aromatic N) is 3. The molecule has 0 aromatic carbocycles. The van der Waals surface area contributed by atoms with Gasteiger partial charge in [-0.1, -0.05) is 12.1 Å². The lowest BCUT2D eigenvalue weighted by Gasteiger charge is -2.27. The van der Waals surface area contributed by atoms with Crippen molar-refractivity contribution in [2.24, 2.45) is 4.99 Å². The zero-order chi connectivity index (χ0) is 19.2. The van der Waals surface area contributed by atoms with Gasteiger partial charge in [-0.25, -0.2) is 4.98 Å². The molecule has 1 aliphatic rings. The van der Waals surface area contributed by atoms with Crippen molar-refractivity contribution in [3.8, 4) is 10.8 Å². The first-order valence-corrected chi connectivity index (χ1v) is 11.3. The number of guanidine groups is 1. The SMILES string of the molecule is CN=C(NCc1coc(-c2cccs2)n1)NCC(c1cccs1)N1CCCC1.I. The van der Waals surface area contributed by atoms with Crippen molar-refractivity contribution in [2.75, 3.05) is 26.7 Å². The molecular formula is C20H26IN5OS2. The lowest BCUT2D eigenvalue weighted by Crippen LogP contribution is -2.42. The highest BCUT2D eigenvalue weighted by Gasteiger charge is 2.24. The number of hydrogen-bond acceptors (Lipinski definition) is 6. The number of aliphatic imine (C=N–C) groups is 1. The molecule has 29 heavy (non-hydrogen) atoms. The second-order valence-electron chi connectivity index (χ2n) is 6.70. The van der Waals surface area contributed by atoms with Crippen LogP contribution in [0.2, 0.25) is 0 Å². The van der Waals surface area contributed by atoms with Crippen LogP contribution in [0, 0.1) is 0 Å². The maximum atomic E-state index is 5.58. The summed E-state index contributed by atoms with van der Waals surface area (Å²) >= 11 is 3.45. The molecule has 0 saturated carbocycles. The van der Waals surface area contributed by atoms with Crippen molar-refractivity contribution in [1.29, 1.82) is 0 Å². The Morgan fingerprint density at radius 1 is 1.21 bits per heavy atom. The minimum atomic E-state index is 0. The fourth-order valence-electron chi connectivity index (χ4n) is 3.43. The van der Waals surface area contributed by atoms with Gasteiger partial charge in [-0.05, 0) is 48.8 Å². The van der Waals surface area contributed by atoms with Gasteiger partial charge in [0.2, 0.25) is 5.89 Å². The molecule has 4 rings (SSSR count). The van der Waals surface area contributed by atoms with Crippen molar-refractivity contribution < 1.29 is 4.42 Å². The van der Waals surface area contributed by atoms with Crippen LogP contribution < -0.4 is 10.6 Å². The van der Waals surface area contributed by atoms with E-state index in [-0.39, 0.29) is 24.0 Å². The van der Waals surface area contributed by atoms with E-state index >= 15 is 0 Å².